The van der Waals surface area contributed by atoms with Crippen molar-refractivity contribution >= 4 is 40.4 Å². The molecule has 3 N–H and O–H groups in total. The van der Waals surface area contributed by atoms with Crippen molar-refractivity contribution in [2.75, 3.05) is 18.5 Å². The lowest BCUT2D eigenvalue weighted by atomic mass is 10.3. The van der Waals surface area contributed by atoms with Crippen LogP contribution in [-0.2, 0) is 0 Å². The van der Waals surface area contributed by atoms with Crippen LogP contribution in [0.5, 0.6) is 5.75 Å². The van der Waals surface area contributed by atoms with Gasteiger partial charge >= 0.3 is 0 Å². The summed E-state index contributed by atoms with van der Waals surface area (Å²) < 4.78 is 7.37. The quantitative estimate of drug-likeness (QED) is 0.745. The van der Waals surface area contributed by atoms with Crippen molar-refractivity contribution in [3.63, 3.8) is 0 Å². The number of nitrogens with two attached hydrogens (primary N) is 1. The molecular formula is C15H14Cl2N4O. The first-order valence-electron chi connectivity index (χ1n) is 6.70. The summed E-state index contributed by atoms with van der Waals surface area (Å²) in [4.78, 5) is 4.31. The Hall–Kier alpha value is -1.95. The molecule has 3 aromatic rings. The first-order valence-corrected chi connectivity index (χ1v) is 7.45. The van der Waals surface area contributed by atoms with Crippen LogP contribution < -0.4 is 15.8 Å². The minimum Gasteiger partial charge on any atom is -0.489 e. The maximum absolute atomic E-state index is 6.22. The number of halogens is 2. The molecule has 0 spiro atoms. The van der Waals surface area contributed by atoms with Crippen LogP contribution in [0.2, 0.25) is 10.0 Å². The molecule has 3 rings (SSSR count). The van der Waals surface area contributed by atoms with E-state index in [1.165, 1.54) is 0 Å². The zero-order valence-electron chi connectivity index (χ0n) is 11.6. The average molecular weight is 337 g/mol. The highest BCUT2D eigenvalue weighted by Gasteiger charge is 2.11. The maximum atomic E-state index is 6.22. The molecule has 0 amide bonds. The van der Waals surface area contributed by atoms with Crippen molar-refractivity contribution in [3.05, 3.63) is 52.8 Å². The second-order valence-electron chi connectivity index (χ2n) is 4.60. The lowest BCUT2D eigenvalue weighted by Gasteiger charge is -2.12. The molecule has 5 nitrogen and oxygen atoms in total. The summed E-state index contributed by atoms with van der Waals surface area (Å²) in [7, 11) is 0. The fourth-order valence-electron chi connectivity index (χ4n) is 2.10. The van der Waals surface area contributed by atoms with Gasteiger partial charge in [-0.25, -0.2) is 4.98 Å². The Morgan fingerprint density at radius 2 is 2.00 bits per heavy atom. The molecule has 2 heterocycles. The van der Waals surface area contributed by atoms with Gasteiger partial charge in [0.25, 0.3) is 0 Å². The van der Waals surface area contributed by atoms with Gasteiger partial charge in [0.1, 0.15) is 18.1 Å². The second kappa shape index (κ2) is 6.44. The van der Waals surface area contributed by atoms with Gasteiger partial charge in [-0.15, -0.1) is 0 Å². The summed E-state index contributed by atoms with van der Waals surface area (Å²) in [6.45, 7) is 0.758. The molecule has 7 heteroatoms. The fourth-order valence-corrected chi connectivity index (χ4v) is 2.70. The van der Waals surface area contributed by atoms with E-state index >= 15 is 0 Å². The number of fused-ring (bicyclic) bond motifs is 1. The van der Waals surface area contributed by atoms with Crippen LogP contribution in [-0.4, -0.2) is 22.5 Å². The number of anilines is 2. The number of aromatic nitrogens is 2. The number of imidazole rings is 1. The third kappa shape index (κ3) is 2.97. The van der Waals surface area contributed by atoms with Gasteiger partial charge in [-0.05, 0) is 24.3 Å². The maximum Gasteiger partial charge on any atom is 0.156 e. The molecule has 0 saturated carbocycles. The van der Waals surface area contributed by atoms with E-state index in [0.717, 1.165) is 17.2 Å². The molecule has 0 saturated heterocycles. The third-order valence-electron chi connectivity index (χ3n) is 3.05. The van der Waals surface area contributed by atoms with E-state index in [4.69, 9.17) is 33.7 Å². The summed E-state index contributed by atoms with van der Waals surface area (Å²) in [5.41, 5.74) is 7.02. The van der Waals surface area contributed by atoms with E-state index in [0.29, 0.717) is 28.9 Å². The predicted molar refractivity (Wildman–Crippen MR) is 89.5 cm³/mol. The molecule has 114 valence electrons. The number of benzene rings is 1. The van der Waals surface area contributed by atoms with Crippen LogP contribution in [0.3, 0.4) is 0 Å². The van der Waals surface area contributed by atoms with E-state index in [-0.39, 0.29) is 0 Å². The molecule has 22 heavy (non-hydrogen) atoms. The van der Waals surface area contributed by atoms with Gasteiger partial charge in [-0.3, -0.25) is 4.40 Å². The van der Waals surface area contributed by atoms with Crippen molar-refractivity contribution in [3.8, 4) is 5.75 Å². The number of nitrogens with zero attached hydrogens (tertiary/aromatic N) is 2. The zero-order chi connectivity index (χ0) is 15.5. The van der Waals surface area contributed by atoms with Crippen molar-refractivity contribution in [2.45, 2.75) is 0 Å². The van der Waals surface area contributed by atoms with E-state index < -0.39 is 0 Å². The molecule has 0 aliphatic rings. The molecule has 0 atom stereocenters. The Bertz CT molecular complexity index is 780. The monoisotopic (exact) mass is 336 g/mol. The van der Waals surface area contributed by atoms with Gasteiger partial charge in [0.15, 0.2) is 5.75 Å². The lowest BCUT2D eigenvalue weighted by Crippen LogP contribution is -2.11. The summed E-state index contributed by atoms with van der Waals surface area (Å²) in [6, 6.07) is 9.30. The van der Waals surface area contributed by atoms with Gasteiger partial charge in [-0.2, -0.15) is 0 Å². The molecule has 0 bridgehead atoms. The molecule has 2 aromatic heterocycles. The topological polar surface area (TPSA) is 64.6 Å². The largest absolute Gasteiger partial charge is 0.489 e. The molecule has 0 radical (unpaired) electrons. The Morgan fingerprint density at radius 3 is 2.73 bits per heavy atom. The number of nitrogens with one attached hydrogen (secondary N) is 1. The lowest BCUT2D eigenvalue weighted by molar-refractivity contribution is 0.329. The Morgan fingerprint density at radius 1 is 1.23 bits per heavy atom. The first-order chi connectivity index (χ1) is 10.7. The number of pyridine rings is 1. The Balaban J connectivity index is 1.89. The molecule has 0 unspecified atom stereocenters. The van der Waals surface area contributed by atoms with Crippen molar-refractivity contribution < 1.29 is 4.74 Å². The highest BCUT2D eigenvalue weighted by Crippen LogP contribution is 2.36. The van der Waals surface area contributed by atoms with Gasteiger partial charge in [0.2, 0.25) is 0 Å². The summed E-state index contributed by atoms with van der Waals surface area (Å²) in [5.74, 6) is 1.26. The van der Waals surface area contributed by atoms with Crippen LogP contribution in [0, 0.1) is 0 Å². The SMILES string of the molecule is NCCOc1c(Cl)cc(Nc2cnc3ccccn23)cc1Cl. The minimum atomic E-state index is 0.361. The average Bonchev–Trinajstić information content (AvgIpc) is 2.90. The molecule has 1 aromatic carbocycles. The first kappa shape index (κ1) is 15.0. The minimum absolute atomic E-state index is 0.361. The van der Waals surface area contributed by atoms with Gasteiger partial charge in [0.05, 0.1) is 16.2 Å². The van der Waals surface area contributed by atoms with Gasteiger partial charge < -0.3 is 15.8 Å². The highest BCUT2D eigenvalue weighted by atomic mass is 35.5. The molecule has 0 fully saturated rings. The standard InChI is InChI=1S/C15H14Cl2N4O/c16-11-7-10(8-12(17)15(11)22-6-4-18)20-14-9-19-13-3-1-2-5-21(13)14/h1-3,5,7-9,20H,4,6,18H2. The number of ether oxygens (including phenoxy) is 1. The summed E-state index contributed by atoms with van der Waals surface area (Å²) in [5, 5.41) is 4.10. The normalized spacial score (nSPS) is 10.9. The Labute approximate surface area is 137 Å². The van der Waals surface area contributed by atoms with Crippen LogP contribution in [0.15, 0.2) is 42.7 Å². The summed E-state index contributed by atoms with van der Waals surface area (Å²) in [6.07, 6.45) is 3.67. The van der Waals surface area contributed by atoms with Crippen molar-refractivity contribution in [1.82, 2.24) is 9.38 Å². The van der Waals surface area contributed by atoms with Crippen LogP contribution >= 0.6 is 23.2 Å². The van der Waals surface area contributed by atoms with Crippen LogP contribution in [0.25, 0.3) is 5.65 Å². The number of hydrogen-bond acceptors (Lipinski definition) is 4. The molecule has 0 aliphatic heterocycles. The van der Waals surface area contributed by atoms with Crippen LogP contribution in [0.1, 0.15) is 0 Å². The van der Waals surface area contributed by atoms with E-state index in [1.807, 2.05) is 28.8 Å². The van der Waals surface area contributed by atoms with Gasteiger partial charge in [-0.1, -0.05) is 29.3 Å². The fraction of sp³-hybridized carbons (Fsp3) is 0.133. The Kier molecular flexibility index (Phi) is 4.38. The number of rotatable bonds is 5. The number of hydrogen-bond donors (Lipinski definition) is 2. The molecule has 0 aliphatic carbocycles. The van der Waals surface area contributed by atoms with E-state index in [1.54, 1.807) is 18.3 Å². The second-order valence-corrected chi connectivity index (χ2v) is 5.42. The van der Waals surface area contributed by atoms with Crippen LogP contribution in [0.4, 0.5) is 11.5 Å². The zero-order valence-corrected chi connectivity index (χ0v) is 13.1. The smallest absolute Gasteiger partial charge is 0.156 e. The summed E-state index contributed by atoms with van der Waals surface area (Å²) >= 11 is 12.4. The van der Waals surface area contributed by atoms with E-state index in [2.05, 4.69) is 10.3 Å². The molecular weight excluding hydrogens is 323 g/mol. The van der Waals surface area contributed by atoms with Crippen molar-refractivity contribution in [1.29, 1.82) is 0 Å². The van der Waals surface area contributed by atoms with Gasteiger partial charge in [0, 0.05) is 18.4 Å². The third-order valence-corrected chi connectivity index (χ3v) is 3.61. The van der Waals surface area contributed by atoms with E-state index in [9.17, 15) is 0 Å². The van der Waals surface area contributed by atoms with Crippen molar-refractivity contribution in [2.24, 2.45) is 5.73 Å². The highest BCUT2D eigenvalue weighted by molar-refractivity contribution is 6.37. The predicted octanol–water partition coefficient (Wildman–Crippen LogP) is 3.72.